The van der Waals surface area contributed by atoms with E-state index in [0.29, 0.717) is 17.8 Å². The van der Waals surface area contributed by atoms with Crippen molar-refractivity contribution in [1.82, 2.24) is 0 Å². The monoisotopic (exact) mass is 335 g/mol. The van der Waals surface area contributed by atoms with Gasteiger partial charge in [-0.25, -0.2) is 0 Å². The second-order valence-electron chi connectivity index (χ2n) is 4.33. The summed E-state index contributed by atoms with van der Waals surface area (Å²) in [5.41, 5.74) is 2.40. The molecule has 0 aliphatic carbocycles. The van der Waals surface area contributed by atoms with Crippen LogP contribution in [0.2, 0.25) is 0 Å². The molecule has 0 N–H and O–H groups in total. The molecule has 1 aromatic carbocycles. The Morgan fingerprint density at radius 3 is 2.79 bits per heavy atom. The molecule has 0 bridgehead atoms. The van der Waals surface area contributed by atoms with Crippen LogP contribution in [0.3, 0.4) is 0 Å². The van der Waals surface area contributed by atoms with E-state index in [1.165, 1.54) is 5.56 Å². The molecule has 0 saturated heterocycles. The van der Waals surface area contributed by atoms with E-state index >= 15 is 0 Å². The van der Waals surface area contributed by atoms with Gasteiger partial charge in [0.2, 0.25) is 0 Å². The van der Waals surface area contributed by atoms with Gasteiger partial charge in [-0.05, 0) is 47.0 Å². The maximum atomic E-state index is 12.0. The van der Waals surface area contributed by atoms with Gasteiger partial charge in [-0.3, -0.25) is 9.59 Å². The zero-order chi connectivity index (χ0) is 13.4. The summed E-state index contributed by atoms with van der Waals surface area (Å²) in [5.74, 6) is -0.843. The number of hydrogen-bond acceptors (Lipinski definition) is 3. The molecule has 1 aromatic heterocycles. The first-order valence-electron chi connectivity index (χ1n) is 5.83. The standard InChI is InChI=1S/C14H10BrNO2S/c15-10-1-2-12-11(7-10)13(17)14(18)16(12)5-3-9-4-6-19-8-9/h1-2,4,6-8H,3,5H2. The van der Waals surface area contributed by atoms with Gasteiger partial charge in [-0.1, -0.05) is 15.9 Å². The first kappa shape index (κ1) is 12.6. The lowest BCUT2D eigenvalue weighted by Gasteiger charge is -2.15. The second-order valence-corrected chi connectivity index (χ2v) is 6.02. The van der Waals surface area contributed by atoms with E-state index in [1.54, 1.807) is 22.3 Å². The predicted octanol–water partition coefficient (Wildman–Crippen LogP) is 3.28. The molecule has 1 aliphatic heterocycles. The molecule has 0 saturated carbocycles. The van der Waals surface area contributed by atoms with E-state index < -0.39 is 11.7 Å². The topological polar surface area (TPSA) is 37.4 Å². The molecule has 0 spiro atoms. The van der Waals surface area contributed by atoms with Crippen molar-refractivity contribution in [1.29, 1.82) is 0 Å². The lowest BCUT2D eigenvalue weighted by Crippen LogP contribution is -2.31. The van der Waals surface area contributed by atoms with Gasteiger partial charge in [0.1, 0.15) is 0 Å². The first-order chi connectivity index (χ1) is 9.16. The van der Waals surface area contributed by atoms with Gasteiger partial charge in [0.05, 0.1) is 11.3 Å². The summed E-state index contributed by atoms with van der Waals surface area (Å²) < 4.78 is 0.812. The quantitative estimate of drug-likeness (QED) is 0.807. The molecule has 19 heavy (non-hydrogen) atoms. The fraction of sp³-hybridized carbons (Fsp3) is 0.143. The second kappa shape index (κ2) is 4.90. The zero-order valence-corrected chi connectivity index (χ0v) is 12.3. The van der Waals surface area contributed by atoms with E-state index in [-0.39, 0.29) is 0 Å². The van der Waals surface area contributed by atoms with Crippen LogP contribution < -0.4 is 4.90 Å². The number of rotatable bonds is 3. The van der Waals surface area contributed by atoms with Gasteiger partial charge in [-0.15, -0.1) is 0 Å². The predicted molar refractivity (Wildman–Crippen MR) is 78.8 cm³/mol. The average molecular weight is 336 g/mol. The van der Waals surface area contributed by atoms with Crippen LogP contribution in [0.25, 0.3) is 0 Å². The molecule has 3 nitrogen and oxygen atoms in total. The van der Waals surface area contributed by atoms with Crippen LogP contribution in [-0.4, -0.2) is 18.2 Å². The largest absolute Gasteiger partial charge is 0.304 e. The third-order valence-corrected chi connectivity index (χ3v) is 4.36. The number of nitrogens with zero attached hydrogens (tertiary/aromatic N) is 1. The summed E-state index contributed by atoms with van der Waals surface area (Å²) in [6.07, 6.45) is 0.762. The average Bonchev–Trinajstić information content (AvgIpc) is 2.98. The molecule has 0 fully saturated rings. The molecule has 1 amide bonds. The summed E-state index contributed by atoms with van der Waals surface area (Å²) in [6, 6.07) is 7.41. The summed E-state index contributed by atoms with van der Waals surface area (Å²) >= 11 is 4.96. The molecule has 96 valence electrons. The Morgan fingerprint density at radius 1 is 1.21 bits per heavy atom. The minimum absolute atomic E-state index is 0.415. The van der Waals surface area contributed by atoms with Crippen molar-refractivity contribution in [3.63, 3.8) is 0 Å². The molecular formula is C14H10BrNO2S. The fourth-order valence-electron chi connectivity index (χ4n) is 2.17. The molecule has 0 unspecified atom stereocenters. The minimum Gasteiger partial charge on any atom is -0.304 e. The summed E-state index contributed by atoms with van der Waals surface area (Å²) in [6.45, 7) is 0.538. The number of ketones is 1. The highest BCUT2D eigenvalue weighted by molar-refractivity contribution is 9.10. The van der Waals surface area contributed by atoms with E-state index in [1.807, 2.05) is 23.6 Å². The highest BCUT2D eigenvalue weighted by Gasteiger charge is 2.35. The molecule has 0 atom stereocenters. The summed E-state index contributed by atoms with van der Waals surface area (Å²) in [4.78, 5) is 25.5. The first-order valence-corrected chi connectivity index (χ1v) is 7.57. The van der Waals surface area contributed by atoms with Crippen LogP contribution in [0.1, 0.15) is 15.9 Å². The number of Topliss-reactive ketones (excluding diaryl/α,β-unsaturated/α-hetero) is 1. The Bertz CT molecular complexity index is 651. The van der Waals surface area contributed by atoms with Gasteiger partial charge >= 0.3 is 0 Å². The molecular weight excluding hydrogens is 326 g/mol. The van der Waals surface area contributed by atoms with Crippen LogP contribution >= 0.6 is 27.3 Å². The van der Waals surface area contributed by atoms with Crippen LogP contribution in [0, 0.1) is 0 Å². The van der Waals surface area contributed by atoms with E-state index in [2.05, 4.69) is 21.3 Å². The Hall–Kier alpha value is -1.46. The van der Waals surface area contributed by atoms with Crippen molar-refractivity contribution in [3.8, 4) is 0 Å². The van der Waals surface area contributed by atoms with Crippen molar-refractivity contribution in [2.24, 2.45) is 0 Å². The number of anilines is 1. The summed E-state index contributed by atoms with van der Waals surface area (Å²) in [5, 5.41) is 4.07. The van der Waals surface area contributed by atoms with Crippen molar-refractivity contribution in [2.45, 2.75) is 6.42 Å². The maximum absolute atomic E-state index is 12.0. The lowest BCUT2D eigenvalue weighted by atomic mass is 10.1. The van der Waals surface area contributed by atoms with Crippen molar-refractivity contribution in [2.75, 3.05) is 11.4 Å². The fourth-order valence-corrected chi connectivity index (χ4v) is 3.23. The minimum atomic E-state index is -0.427. The van der Waals surface area contributed by atoms with Gasteiger partial charge in [0, 0.05) is 11.0 Å². The number of halogens is 1. The smallest absolute Gasteiger partial charge is 0.299 e. The van der Waals surface area contributed by atoms with Crippen LogP contribution in [-0.2, 0) is 11.2 Å². The molecule has 2 heterocycles. The number of amides is 1. The lowest BCUT2D eigenvalue weighted by molar-refractivity contribution is -0.114. The number of carbonyl (C=O) groups excluding carboxylic acids is 2. The van der Waals surface area contributed by atoms with Gasteiger partial charge in [0.15, 0.2) is 0 Å². The zero-order valence-electron chi connectivity index (χ0n) is 9.93. The number of fused-ring (bicyclic) bond motifs is 1. The molecule has 5 heteroatoms. The SMILES string of the molecule is O=C1C(=O)N(CCc2ccsc2)c2ccc(Br)cc21. The Labute approximate surface area is 123 Å². The van der Waals surface area contributed by atoms with Crippen LogP contribution in [0.5, 0.6) is 0 Å². The normalized spacial score (nSPS) is 14.1. The van der Waals surface area contributed by atoms with Gasteiger partial charge < -0.3 is 4.90 Å². The van der Waals surface area contributed by atoms with Crippen LogP contribution in [0.4, 0.5) is 5.69 Å². The Morgan fingerprint density at radius 2 is 2.05 bits per heavy atom. The Balaban J connectivity index is 1.87. The van der Waals surface area contributed by atoms with E-state index in [4.69, 9.17) is 0 Å². The van der Waals surface area contributed by atoms with Gasteiger partial charge in [0.25, 0.3) is 11.7 Å². The molecule has 2 aromatic rings. The van der Waals surface area contributed by atoms with Crippen molar-refractivity contribution in [3.05, 3.63) is 50.6 Å². The van der Waals surface area contributed by atoms with Crippen molar-refractivity contribution >= 4 is 44.6 Å². The Kier molecular flexibility index (Phi) is 3.24. The maximum Gasteiger partial charge on any atom is 0.299 e. The molecule has 3 rings (SSSR count). The highest BCUT2D eigenvalue weighted by atomic mass is 79.9. The number of benzene rings is 1. The number of thiophene rings is 1. The third kappa shape index (κ3) is 2.24. The highest BCUT2D eigenvalue weighted by Crippen LogP contribution is 2.31. The third-order valence-electron chi connectivity index (χ3n) is 3.14. The van der Waals surface area contributed by atoms with Crippen LogP contribution in [0.15, 0.2) is 39.5 Å². The number of carbonyl (C=O) groups is 2. The van der Waals surface area contributed by atoms with Gasteiger partial charge in [-0.2, -0.15) is 11.3 Å². The van der Waals surface area contributed by atoms with Crippen molar-refractivity contribution < 1.29 is 9.59 Å². The van der Waals surface area contributed by atoms with E-state index in [9.17, 15) is 9.59 Å². The number of hydrogen-bond donors (Lipinski definition) is 0. The molecule has 1 aliphatic rings. The van der Waals surface area contributed by atoms with E-state index in [0.717, 1.165) is 10.9 Å². The molecule has 0 radical (unpaired) electrons. The summed E-state index contributed by atoms with van der Waals surface area (Å²) in [7, 11) is 0.